The Morgan fingerprint density at radius 2 is 1.08 bits per heavy atom. The molecule has 0 unspecified atom stereocenters. The van der Waals surface area contributed by atoms with Gasteiger partial charge in [0.25, 0.3) is 11.6 Å². The van der Waals surface area contributed by atoms with Crippen molar-refractivity contribution < 1.29 is 134 Å². The van der Waals surface area contributed by atoms with Crippen LogP contribution in [-0.2, 0) is 57.1 Å². The van der Waals surface area contributed by atoms with E-state index in [0.717, 1.165) is 20.8 Å². The van der Waals surface area contributed by atoms with Crippen LogP contribution < -0.4 is 16.0 Å². The number of hydrogen-bond acceptors (Lipinski definition) is 25. The van der Waals surface area contributed by atoms with Crippen molar-refractivity contribution in [3.63, 3.8) is 0 Å². The fraction of sp³-hybridized carbons (Fsp3) is 0.861. The molecule has 0 aliphatic carbocycles. The number of nitrogens with one attached hydrogen (secondary N) is 3. The average molecular weight is 966 g/mol. The summed E-state index contributed by atoms with van der Waals surface area (Å²) in [6.07, 6.45) is -38.6. The summed E-state index contributed by atoms with van der Waals surface area (Å²) in [7, 11) is 0. The van der Waals surface area contributed by atoms with Gasteiger partial charge < -0.3 is 126 Å². The first kappa shape index (κ1) is 55.1. The molecule has 4 aliphatic heterocycles. The van der Waals surface area contributed by atoms with E-state index < -0.39 is 203 Å². The Kier molecular flexibility index (Phi) is 19.0. The maximum absolute atomic E-state index is 13.2. The molecule has 4 fully saturated rings. The van der Waals surface area contributed by atoms with E-state index in [0.29, 0.717) is 0 Å². The number of carboxylic acid groups (broad SMARTS) is 2. The molecule has 18 N–H and O–H groups in total. The molecule has 0 saturated carbocycles. The van der Waals surface area contributed by atoms with Crippen molar-refractivity contribution in [2.75, 3.05) is 26.4 Å². The van der Waals surface area contributed by atoms with E-state index in [1.165, 1.54) is 0 Å². The van der Waals surface area contributed by atoms with E-state index in [4.69, 9.17) is 33.2 Å². The normalized spacial score (nSPS) is 41.4. The molecule has 0 radical (unpaired) electrons. The van der Waals surface area contributed by atoms with E-state index in [-0.39, 0.29) is 0 Å². The van der Waals surface area contributed by atoms with E-state index >= 15 is 0 Å². The van der Waals surface area contributed by atoms with Crippen LogP contribution in [-0.4, -0.2) is 267 Å². The molecule has 0 aromatic heterocycles. The van der Waals surface area contributed by atoms with Gasteiger partial charge in [-0.05, 0) is 0 Å². The Morgan fingerprint density at radius 1 is 0.621 bits per heavy atom. The SMILES string of the molecule is CC(=O)N[C@@H]1[C@@H](O[C@@H]2O[C@H](CO)[C@H](O)[C@H](O[C@]3(C(=O)O)C[C@H](O)[C@@H](NC(C)=O)[C@H]([C@H](O)[C@@H](CO)O[C@]4(C(=O)O)C[C@H](O)[C@@H](NC(C)=O)[C@H]([C@H](O)[C@H](O)CO)O4)O3)[C@H]2O)[C@@H](O)[C@@H](CO)O[C@H]1O. The molecule has 66 heavy (non-hydrogen) atoms. The molecule has 0 spiro atoms. The van der Waals surface area contributed by atoms with Gasteiger partial charge in [-0.25, -0.2) is 9.59 Å². The fourth-order valence-electron chi connectivity index (χ4n) is 8.16. The maximum Gasteiger partial charge on any atom is 0.364 e. The van der Waals surface area contributed by atoms with Crippen molar-refractivity contribution in [2.24, 2.45) is 0 Å². The first-order valence-corrected chi connectivity index (χ1v) is 20.3. The second kappa shape index (κ2) is 22.8. The lowest BCUT2D eigenvalue weighted by Crippen LogP contribution is -2.72. The molecular weight excluding hydrogens is 906 g/mol. The van der Waals surface area contributed by atoms with E-state index in [1.807, 2.05) is 0 Å². The predicted octanol–water partition coefficient (Wildman–Crippen LogP) is -10.9. The zero-order chi connectivity index (χ0) is 49.7. The lowest BCUT2D eigenvalue weighted by molar-refractivity contribution is -0.383. The third-order valence-corrected chi connectivity index (χ3v) is 11.4. The molecule has 22 atom stereocenters. The molecule has 4 rings (SSSR count). The summed E-state index contributed by atoms with van der Waals surface area (Å²) in [5.74, 6) is -13.5. The third kappa shape index (κ3) is 11.9. The Bertz CT molecular complexity index is 1680. The number of carbonyl (C=O) groups excluding carboxylic acids is 3. The highest BCUT2D eigenvalue weighted by Gasteiger charge is 2.62. The highest BCUT2D eigenvalue weighted by atomic mass is 16.8. The van der Waals surface area contributed by atoms with Crippen LogP contribution in [0.3, 0.4) is 0 Å². The van der Waals surface area contributed by atoms with Gasteiger partial charge in [0.05, 0.1) is 50.7 Å². The van der Waals surface area contributed by atoms with Crippen molar-refractivity contribution in [3.8, 4) is 0 Å². The number of carbonyl (C=O) groups is 5. The summed E-state index contributed by atoms with van der Waals surface area (Å²) >= 11 is 0. The van der Waals surface area contributed by atoms with Crippen LogP contribution in [0.4, 0.5) is 0 Å². The van der Waals surface area contributed by atoms with E-state index in [2.05, 4.69) is 16.0 Å². The molecular formula is C36H59N3O27. The van der Waals surface area contributed by atoms with Crippen LogP contribution in [0, 0.1) is 0 Å². The number of rotatable bonds is 19. The standard InChI is InChI=1S/C36H59N3O27/c1-10(44)37-19-13(47)4-35(33(56)57,64-28(19)22(50)15(49)6-40)63-18(9-43)25(53)29-20(38-11(2)45)14(48)5-36(65-29,34(58)59)66-30-24(52)17(8-42)61-32(26(30)54)62-27-21(39-12(3)46)31(55)60-16(7-41)23(27)51/h13-32,40-43,47-55H,4-9H2,1-3H3,(H,37,44)(H,38,45)(H,39,46)(H,56,57)(H,58,59)/t13-,14-,15+,16+,17+,18+,19+,20+,21+,22+,23-,24-,25+,26+,27+,28+,29+,30-,31+,32-,35+,36-/m0/s1. The van der Waals surface area contributed by atoms with Crippen LogP contribution in [0.25, 0.3) is 0 Å². The van der Waals surface area contributed by atoms with E-state index in [1.54, 1.807) is 0 Å². The van der Waals surface area contributed by atoms with Gasteiger partial charge in [0.15, 0.2) is 12.6 Å². The number of aliphatic hydroxyl groups is 13. The second-order valence-electron chi connectivity index (χ2n) is 16.2. The summed E-state index contributed by atoms with van der Waals surface area (Å²) in [5, 5.41) is 167. The molecule has 30 heteroatoms. The molecule has 3 amide bonds. The molecule has 4 aliphatic rings. The van der Waals surface area contributed by atoms with Crippen LogP contribution in [0.2, 0.25) is 0 Å². The smallest absolute Gasteiger partial charge is 0.364 e. The molecule has 30 nitrogen and oxygen atoms in total. The highest BCUT2D eigenvalue weighted by Crippen LogP contribution is 2.40. The van der Waals surface area contributed by atoms with Crippen molar-refractivity contribution >= 4 is 29.7 Å². The monoisotopic (exact) mass is 965 g/mol. The minimum atomic E-state index is -3.35. The summed E-state index contributed by atoms with van der Waals surface area (Å²) in [6, 6.07) is -5.23. The fourth-order valence-corrected chi connectivity index (χ4v) is 8.16. The second-order valence-corrected chi connectivity index (χ2v) is 16.2. The summed E-state index contributed by atoms with van der Waals surface area (Å²) < 4.78 is 38.9. The van der Waals surface area contributed by atoms with Gasteiger partial charge in [-0.2, -0.15) is 0 Å². The third-order valence-electron chi connectivity index (χ3n) is 11.4. The molecule has 380 valence electrons. The summed E-state index contributed by atoms with van der Waals surface area (Å²) in [5.41, 5.74) is 0. The Balaban J connectivity index is 1.73. The van der Waals surface area contributed by atoms with E-state index in [9.17, 15) is 101 Å². The number of carboxylic acids is 2. The van der Waals surface area contributed by atoms with Gasteiger partial charge in [0.1, 0.15) is 85.4 Å². The van der Waals surface area contributed by atoms with Crippen molar-refractivity contribution in [3.05, 3.63) is 0 Å². The lowest BCUT2D eigenvalue weighted by atomic mass is 9.87. The average Bonchev–Trinajstić information content (AvgIpc) is 3.24. The van der Waals surface area contributed by atoms with Crippen molar-refractivity contribution in [1.29, 1.82) is 0 Å². The van der Waals surface area contributed by atoms with Gasteiger partial charge in [-0.15, -0.1) is 0 Å². The van der Waals surface area contributed by atoms with Crippen LogP contribution in [0.1, 0.15) is 33.6 Å². The quantitative estimate of drug-likeness (QED) is 0.0571. The van der Waals surface area contributed by atoms with Crippen LogP contribution in [0.5, 0.6) is 0 Å². The first-order valence-electron chi connectivity index (χ1n) is 20.3. The molecule has 4 saturated heterocycles. The van der Waals surface area contributed by atoms with Crippen molar-refractivity contribution in [1.82, 2.24) is 16.0 Å². The largest absolute Gasteiger partial charge is 0.477 e. The predicted molar refractivity (Wildman–Crippen MR) is 203 cm³/mol. The molecule has 0 bridgehead atoms. The first-order chi connectivity index (χ1) is 30.8. The molecule has 4 heterocycles. The summed E-state index contributed by atoms with van der Waals surface area (Å²) in [4.78, 5) is 62.5. The number of hydrogen-bond donors (Lipinski definition) is 18. The Hall–Kier alpha value is -3.45. The number of aliphatic hydroxyl groups excluding tert-OH is 13. The number of aliphatic carboxylic acids is 2. The maximum atomic E-state index is 13.2. The number of amides is 3. The Morgan fingerprint density at radius 3 is 1.55 bits per heavy atom. The van der Waals surface area contributed by atoms with Crippen LogP contribution in [0.15, 0.2) is 0 Å². The minimum Gasteiger partial charge on any atom is -0.477 e. The number of ether oxygens (including phenoxy) is 7. The Labute approximate surface area is 373 Å². The zero-order valence-corrected chi connectivity index (χ0v) is 35.4. The molecule has 0 aromatic carbocycles. The zero-order valence-electron chi connectivity index (χ0n) is 35.4. The van der Waals surface area contributed by atoms with Gasteiger partial charge in [-0.1, -0.05) is 0 Å². The minimum absolute atomic E-state index is 0.793. The van der Waals surface area contributed by atoms with Gasteiger partial charge >= 0.3 is 11.9 Å². The van der Waals surface area contributed by atoms with Gasteiger partial charge in [0, 0.05) is 33.6 Å². The lowest BCUT2D eigenvalue weighted by Gasteiger charge is -2.51. The summed E-state index contributed by atoms with van der Waals surface area (Å²) in [6.45, 7) is -1.72. The highest BCUT2D eigenvalue weighted by molar-refractivity contribution is 5.77. The van der Waals surface area contributed by atoms with Gasteiger partial charge in [-0.3, -0.25) is 14.4 Å². The topological polar surface area (TPSA) is 490 Å². The van der Waals surface area contributed by atoms with Gasteiger partial charge in [0.2, 0.25) is 17.7 Å². The molecule has 0 aromatic rings. The van der Waals surface area contributed by atoms with Crippen LogP contribution >= 0.6 is 0 Å². The van der Waals surface area contributed by atoms with Crippen molar-refractivity contribution in [2.45, 2.75) is 167 Å².